The summed E-state index contributed by atoms with van der Waals surface area (Å²) in [5.41, 5.74) is 2.91. The number of hydrogen-bond acceptors (Lipinski definition) is 3. The van der Waals surface area contributed by atoms with Gasteiger partial charge in [0.1, 0.15) is 0 Å². The molecule has 4 heteroatoms. The first kappa shape index (κ1) is 16.4. The minimum absolute atomic E-state index is 0.0487. The fraction of sp³-hybridized carbons (Fsp3) is 0.588. The lowest BCUT2D eigenvalue weighted by molar-refractivity contribution is -0.119. The second-order valence-electron chi connectivity index (χ2n) is 6.00. The Morgan fingerprint density at radius 3 is 2.81 bits per heavy atom. The van der Waals surface area contributed by atoms with Crippen LogP contribution in [0.15, 0.2) is 23.1 Å². The first-order valence-electron chi connectivity index (χ1n) is 7.75. The van der Waals surface area contributed by atoms with Crippen molar-refractivity contribution in [1.82, 2.24) is 5.32 Å². The Morgan fingerprint density at radius 1 is 1.33 bits per heavy atom. The smallest absolute Gasteiger partial charge is 0.230 e. The third kappa shape index (κ3) is 4.75. The van der Waals surface area contributed by atoms with Crippen LogP contribution in [0.25, 0.3) is 0 Å². The molecule has 1 aromatic rings. The quantitative estimate of drug-likeness (QED) is 0.762. The highest BCUT2D eigenvalue weighted by atomic mass is 32.2. The standard InChI is InChI=1S/C17H25NO2S/c1-12(2)16(8-9-19)18-17(20)11-21-15-7-6-13-4-3-5-14(13)10-15/h6-7,10,12,16,19H,3-5,8-9,11H2,1-2H3,(H,18,20). The summed E-state index contributed by atoms with van der Waals surface area (Å²) in [5.74, 6) is 0.826. The lowest BCUT2D eigenvalue weighted by atomic mass is 10.0. The van der Waals surface area contributed by atoms with Crippen LogP contribution in [-0.2, 0) is 17.6 Å². The van der Waals surface area contributed by atoms with Gasteiger partial charge in [0.2, 0.25) is 5.91 Å². The van der Waals surface area contributed by atoms with Crippen LogP contribution in [0, 0.1) is 5.92 Å². The molecule has 1 aromatic carbocycles. The number of aryl methyl sites for hydroxylation is 2. The number of aliphatic hydroxyl groups is 1. The number of nitrogens with one attached hydrogen (secondary N) is 1. The summed E-state index contributed by atoms with van der Waals surface area (Å²) >= 11 is 1.59. The molecule has 0 aliphatic heterocycles. The summed E-state index contributed by atoms with van der Waals surface area (Å²) in [6.07, 6.45) is 4.23. The summed E-state index contributed by atoms with van der Waals surface area (Å²) in [6.45, 7) is 4.24. The van der Waals surface area contributed by atoms with Crippen molar-refractivity contribution in [3.05, 3.63) is 29.3 Å². The minimum Gasteiger partial charge on any atom is -0.396 e. The van der Waals surface area contributed by atoms with E-state index in [0.29, 0.717) is 18.1 Å². The molecule has 0 heterocycles. The molecule has 0 spiro atoms. The second-order valence-corrected chi connectivity index (χ2v) is 7.05. The van der Waals surface area contributed by atoms with E-state index in [2.05, 4.69) is 37.4 Å². The highest BCUT2D eigenvalue weighted by Gasteiger charge is 2.16. The minimum atomic E-state index is 0.0487. The summed E-state index contributed by atoms with van der Waals surface area (Å²) in [7, 11) is 0. The van der Waals surface area contributed by atoms with Gasteiger partial charge in [0.05, 0.1) is 5.75 Å². The molecule has 0 fully saturated rings. The van der Waals surface area contributed by atoms with Gasteiger partial charge in [-0.1, -0.05) is 19.9 Å². The maximum Gasteiger partial charge on any atom is 0.230 e. The summed E-state index contributed by atoms with van der Waals surface area (Å²) in [5, 5.41) is 12.1. The van der Waals surface area contributed by atoms with E-state index in [1.54, 1.807) is 11.8 Å². The first-order chi connectivity index (χ1) is 10.1. The topological polar surface area (TPSA) is 49.3 Å². The van der Waals surface area contributed by atoms with Crippen LogP contribution in [0.4, 0.5) is 0 Å². The monoisotopic (exact) mass is 307 g/mol. The molecule has 2 rings (SSSR count). The van der Waals surface area contributed by atoms with Gasteiger partial charge in [-0.25, -0.2) is 0 Å². The third-order valence-corrected chi connectivity index (χ3v) is 5.02. The number of amides is 1. The number of fused-ring (bicyclic) bond motifs is 1. The van der Waals surface area contributed by atoms with Gasteiger partial charge in [0.15, 0.2) is 0 Å². The van der Waals surface area contributed by atoms with Crippen LogP contribution < -0.4 is 5.32 Å². The first-order valence-corrected chi connectivity index (χ1v) is 8.73. The normalized spacial score (nSPS) is 15.0. The number of hydrogen-bond donors (Lipinski definition) is 2. The molecule has 0 aromatic heterocycles. The van der Waals surface area contributed by atoms with E-state index in [0.717, 1.165) is 0 Å². The van der Waals surface area contributed by atoms with Crippen LogP contribution in [0.2, 0.25) is 0 Å². The van der Waals surface area contributed by atoms with Crippen molar-refractivity contribution >= 4 is 17.7 Å². The fourth-order valence-corrected chi connectivity index (χ4v) is 3.52. The highest BCUT2D eigenvalue weighted by molar-refractivity contribution is 8.00. The lowest BCUT2D eigenvalue weighted by Gasteiger charge is -2.21. The molecule has 0 radical (unpaired) electrons. The molecule has 3 nitrogen and oxygen atoms in total. The van der Waals surface area contributed by atoms with E-state index in [9.17, 15) is 4.79 Å². The number of benzene rings is 1. The molecular weight excluding hydrogens is 282 g/mol. The number of carbonyl (C=O) groups excluding carboxylic acids is 1. The van der Waals surface area contributed by atoms with Crippen molar-refractivity contribution in [2.45, 2.75) is 50.5 Å². The zero-order valence-corrected chi connectivity index (χ0v) is 13.7. The summed E-state index contributed by atoms with van der Waals surface area (Å²) < 4.78 is 0. The Bertz CT molecular complexity index is 488. The van der Waals surface area contributed by atoms with Gasteiger partial charge >= 0.3 is 0 Å². The van der Waals surface area contributed by atoms with Gasteiger partial charge in [0, 0.05) is 17.5 Å². The molecule has 1 aliphatic rings. The van der Waals surface area contributed by atoms with E-state index in [1.165, 1.54) is 35.3 Å². The number of carbonyl (C=O) groups is 1. The Hall–Kier alpha value is -1.00. The predicted molar refractivity (Wildman–Crippen MR) is 87.7 cm³/mol. The average Bonchev–Trinajstić information content (AvgIpc) is 2.92. The Morgan fingerprint density at radius 2 is 2.10 bits per heavy atom. The molecule has 2 N–H and O–H groups in total. The van der Waals surface area contributed by atoms with Crippen LogP contribution in [-0.4, -0.2) is 29.4 Å². The number of thioether (sulfide) groups is 1. The molecule has 0 saturated heterocycles. The Kier molecular flexibility index (Phi) is 6.12. The van der Waals surface area contributed by atoms with E-state index >= 15 is 0 Å². The van der Waals surface area contributed by atoms with E-state index in [4.69, 9.17) is 5.11 Å². The summed E-state index contributed by atoms with van der Waals surface area (Å²) in [6, 6.07) is 6.61. The SMILES string of the molecule is CC(C)C(CCO)NC(=O)CSc1ccc2c(c1)CCC2. The maximum absolute atomic E-state index is 12.0. The molecule has 1 unspecified atom stereocenters. The zero-order valence-electron chi connectivity index (χ0n) is 12.9. The predicted octanol–water partition coefficient (Wildman–Crippen LogP) is 2.79. The van der Waals surface area contributed by atoms with Gasteiger partial charge in [-0.15, -0.1) is 11.8 Å². The lowest BCUT2D eigenvalue weighted by Crippen LogP contribution is -2.40. The van der Waals surface area contributed by atoms with Gasteiger partial charge in [-0.3, -0.25) is 4.79 Å². The third-order valence-electron chi connectivity index (χ3n) is 4.03. The van der Waals surface area contributed by atoms with Crippen LogP contribution >= 0.6 is 11.8 Å². The van der Waals surface area contributed by atoms with Crippen molar-refractivity contribution < 1.29 is 9.90 Å². The largest absolute Gasteiger partial charge is 0.396 e. The van der Waals surface area contributed by atoms with Crippen molar-refractivity contribution in [2.24, 2.45) is 5.92 Å². The molecule has 1 atom stereocenters. The summed E-state index contributed by atoms with van der Waals surface area (Å²) in [4.78, 5) is 13.2. The van der Waals surface area contributed by atoms with Gasteiger partial charge < -0.3 is 10.4 Å². The number of aliphatic hydroxyl groups excluding tert-OH is 1. The van der Waals surface area contributed by atoms with Gasteiger partial charge in [-0.05, 0) is 54.9 Å². The molecule has 1 amide bonds. The van der Waals surface area contributed by atoms with Crippen molar-refractivity contribution in [3.8, 4) is 0 Å². The second kappa shape index (κ2) is 7.85. The zero-order chi connectivity index (χ0) is 15.2. The number of rotatable bonds is 7. The van der Waals surface area contributed by atoms with Crippen molar-refractivity contribution in [3.63, 3.8) is 0 Å². The molecular formula is C17H25NO2S. The maximum atomic E-state index is 12.0. The van der Waals surface area contributed by atoms with E-state index < -0.39 is 0 Å². The van der Waals surface area contributed by atoms with Crippen molar-refractivity contribution in [2.75, 3.05) is 12.4 Å². The Labute approximate surface area is 131 Å². The molecule has 0 bridgehead atoms. The molecule has 116 valence electrons. The van der Waals surface area contributed by atoms with Crippen molar-refractivity contribution in [1.29, 1.82) is 0 Å². The molecule has 1 aliphatic carbocycles. The highest BCUT2D eigenvalue weighted by Crippen LogP contribution is 2.27. The van der Waals surface area contributed by atoms with Gasteiger partial charge in [-0.2, -0.15) is 0 Å². The average molecular weight is 307 g/mol. The molecule has 21 heavy (non-hydrogen) atoms. The van der Waals surface area contributed by atoms with Crippen LogP contribution in [0.1, 0.15) is 37.8 Å². The molecule has 0 saturated carbocycles. The fourth-order valence-electron chi connectivity index (χ4n) is 2.75. The van der Waals surface area contributed by atoms with Crippen LogP contribution in [0.5, 0.6) is 0 Å². The Balaban J connectivity index is 1.83. The van der Waals surface area contributed by atoms with Crippen LogP contribution in [0.3, 0.4) is 0 Å². The van der Waals surface area contributed by atoms with Gasteiger partial charge in [0.25, 0.3) is 0 Å². The van der Waals surface area contributed by atoms with E-state index in [1.807, 2.05) is 0 Å². The van der Waals surface area contributed by atoms with E-state index in [-0.39, 0.29) is 18.6 Å².